The fraction of sp³-hybridized carbons (Fsp3) is 1.00. The standard InChI is InChI=1S/C10H18OS/c1-6-7-3-8(9(6)5-11)10(4-7)12-2/h6-11H,3-5H2,1-2H3. The highest BCUT2D eigenvalue weighted by molar-refractivity contribution is 7.99. The maximum Gasteiger partial charge on any atom is 0.0464 e. The predicted octanol–water partition coefficient (Wildman–Crippen LogP) is 2.00. The Morgan fingerprint density at radius 1 is 1.42 bits per heavy atom. The van der Waals surface area contributed by atoms with E-state index in [1.807, 2.05) is 11.8 Å². The number of aliphatic hydroxyl groups is 1. The lowest BCUT2D eigenvalue weighted by molar-refractivity contribution is 0.137. The van der Waals surface area contributed by atoms with Crippen LogP contribution in [0.5, 0.6) is 0 Å². The molecule has 0 aromatic rings. The molecule has 2 fully saturated rings. The number of rotatable bonds is 2. The Kier molecular flexibility index (Phi) is 2.39. The van der Waals surface area contributed by atoms with Crippen LogP contribution in [-0.2, 0) is 0 Å². The molecule has 2 bridgehead atoms. The summed E-state index contributed by atoms with van der Waals surface area (Å²) in [6, 6.07) is 0. The molecule has 1 nitrogen and oxygen atoms in total. The Hall–Kier alpha value is 0.310. The van der Waals surface area contributed by atoms with E-state index < -0.39 is 0 Å². The molecule has 0 spiro atoms. The van der Waals surface area contributed by atoms with E-state index in [0.717, 1.165) is 23.0 Å². The molecule has 70 valence electrons. The summed E-state index contributed by atoms with van der Waals surface area (Å²) < 4.78 is 0. The molecule has 1 N–H and O–H groups in total. The van der Waals surface area contributed by atoms with Crippen molar-refractivity contribution < 1.29 is 5.11 Å². The smallest absolute Gasteiger partial charge is 0.0464 e. The molecule has 2 heteroatoms. The Bertz CT molecular complexity index is 171. The van der Waals surface area contributed by atoms with Crippen molar-refractivity contribution in [2.45, 2.75) is 25.0 Å². The van der Waals surface area contributed by atoms with E-state index in [9.17, 15) is 5.11 Å². The fourth-order valence-electron chi connectivity index (χ4n) is 3.26. The lowest BCUT2D eigenvalue weighted by Gasteiger charge is -2.31. The largest absolute Gasteiger partial charge is 0.396 e. The van der Waals surface area contributed by atoms with Gasteiger partial charge in [-0.25, -0.2) is 0 Å². The molecule has 12 heavy (non-hydrogen) atoms. The summed E-state index contributed by atoms with van der Waals surface area (Å²) in [5.74, 6) is 3.14. The first-order valence-electron chi connectivity index (χ1n) is 4.91. The van der Waals surface area contributed by atoms with E-state index in [2.05, 4.69) is 13.2 Å². The summed E-state index contributed by atoms with van der Waals surface area (Å²) in [5.41, 5.74) is 0. The van der Waals surface area contributed by atoms with Crippen LogP contribution in [0.4, 0.5) is 0 Å². The Balaban J connectivity index is 2.09. The van der Waals surface area contributed by atoms with Crippen LogP contribution < -0.4 is 0 Å². The van der Waals surface area contributed by atoms with E-state index in [1.165, 1.54) is 12.8 Å². The SMILES string of the molecule is CSC1CC2CC1C(CO)C2C. The van der Waals surface area contributed by atoms with Gasteiger partial charge in [0.2, 0.25) is 0 Å². The summed E-state index contributed by atoms with van der Waals surface area (Å²) >= 11 is 2.01. The molecule has 2 rings (SSSR count). The zero-order chi connectivity index (χ0) is 8.72. The van der Waals surface area contributed by atoms with Crippen molar-refractivity contribution in [3.8, 4) is 0 Å². The van der Waals surface area contributed by atoms with Crippen molar-refractivity contribution >= 4 is 11.8 Å². The summed E-state index contributed by atoms with van der Waals surface area (Å²) in [7, 11) is 0. The summed E-state index contributed by atoms with van der Waals surface area (Å²) in [4.78, 5) is 0. The van der Waals surface area contributed by atoms with Gasteiger partial charge in [-0.1, -0.05) is 6.92 Å². The van der Waals surface area contributed by atoms with Crippen LogP contribution in [0.15, 0.2) is 0 Å². The quantitative estimate of drug-likeness (QED) is 0.712. The van der Waals surface area contributed by atoms with Crippen molar-refractivity contribution in [3.63, 3.8) is 0 Å². The van der Waals surface area contributed by atoms with Crippen LogP contribution >= 0.6 is 11.8 Å². The van der Waals surface area contributed by atoms with Crippen LogP contribution in [0.3, 0.4) is 0 Å². The number of aliphatic hydroxyl groups excluding tert-OH is 1. The van der Waals surface area contributed by atoms with Gasteiger partial charge in [-0.3, -0.25) is 0 Å². The lowest BCUT2D eigenvalue weighted by Crippen LogP contribution is -2.30. The molecule has 2 saturated carbocycles. The van der Waals surface area contributed by atoms with E-state index in [-0.39, 0.29) is 0 Å². The zero-order valence-corrected chi connectivity index (χ0v) is 8.68. The third-order valence-electron chi connectivity index (χ3n) is 4.07. The van der Waals surface area contributed by atoms with Crippen LogP contribution in [0.2, 0.25) is 0 Å². The molecular weight excluding hydrogens is 168 g/mol. The van der Waals surface area contributed by atoms with Gasteiger partial charge in [-0.2, -0.15) is 11.8 Å². The molecule has 0 aromatic heterocycles. The second kappa shape index (κ2) is 3.22. The maximum atomic E-state index is 9.26. The lowest BCUT2D eigenvalue weighted by atomic mass is 9.81. The highest BCUT2D eigenvalue weighted by Crippen LogP contribution is 2.55. The van der Waals surface area contributed by atoms with Crippen molar-refractivity contribution in [2.75, 3.05) is 12.9 Å². The predicted molar refractivity (Wildman–Crippen MR) is 53.3 cm³/mol. The molecule has 2 aliphatic rings. The van der Waals surface area contributed by atoms with Crippen LogP contribution in [0.1, 0.15) is 19.8 Å². The minimum absolute atomic E-state index is 0.416. The van der Waals surface area contributed by atoms with Gasteiger partial charge in [0.25, 0.3) is 0 Å². The van der Waals surface area contributed by atoms with Crippen molar-refractivity contribution in [1.29, 1.82) is 0 Å². The van der Waals surface area contributed by atoms with Crippen LogP contribution in [0, 0.1) is 23.7 Å². The molecule has 0 aromatic carbocycles. The Morgan fingerprint density at radius 2 is 2.17 bits per heavy atom. The second-order valence-electron chi connectivity index (χ2n) is 4.38. The van der Waals surface area contributed by atoms with Gasteiger partial charge in [0.15, 0.2) is 0 Å². The third kappa shape index (κ3) is 1.12. The highest BCUT2D eigenvalue weighted by Gasteiger charge is 2.49. The molecule has 2 aliphatic carbocycles. The van der Waals surface area contributed by atoms with Crippen LogP contribution in [0.25, 0.3) is 0 Å². The molecule has 0 amide bonds. The van der Waals surface area contributed by atoms with E-state index in [0.29, 0.717) is 12.5 Å². The third-order valence-corrected chi connectivity index (χ3v) is 5.22. The van der Waals surface area contributed by atoms with Crippen molar-refractivity contribution in [1.82, 2.24) is 0 Å². The van der Waals surface area contributed by atoms with Crippen molar-refractivity contribution in [3.05, 3.63) is 0 Å². The van der Waals surface area contributed by atoms with E-state index >= 15 is 0 Å². The molecule has 5 unspecified atom stereocenters. The van der Waals surface area contributed by atoms with Crippen LogP contribution in [-0.4, -0.2) is 23.2 Å². The highest BCUT2D eigenvalue weighted by atomic mass is 32.2. The summed E-state index contributed by atoms with van der Waals surface area (Å²) in [6.07, 6.45) is 5.01. The monoisotopic (exact) mass is 186 g/mol. The topological polar surface area (TPSA) is 20.2 Å². The first-order chi connectivity index (χ1) is 5.77. The molecule has 0 aliphatic heterocycles. The Labute approximate surface area is 78.9 Å². The minimum Gasteiger partial charge on any atom is -0.396 e. The second-order valence-corrected chi connectivity index (χ2v) is 5.45. The minimum atomic E-state index is 0.416. The summed E-state index contributed by atoms with van der Waals surface area (Å²) in [6.45, 7) is 2.74. The van der Waals surface area contributed by atoms with Gasteiger partial charge in [0.1, 0.15) is 0 Å². The number of fused-ring (bicyclic) bond motifs is 2. The first-order valence-corrected chi connectivity index (χ1v) is 6.20. The summed E-state index contributed by atoms with van der Waals surface area (Å²) in [5, 5.41) is 10.1. The normalized spacial score (nSPS) is 51.8. The van der Waals surface area contributed by atoms with E-state index in [4.69, 9.17) is 0 Å². The zero-order valence-electron chi connectivity index (χ0n) is 7.86. The van der Waals surface area contributed by atoms with Gasteiger partial charge >= 0.3 is 0 Å². The molecular formula is C10H18OS. The first kappa shape index (κ1) is 8.89. The average molecular weight is 186 g/mol. The molecule has 0 radical (unpaired) electrons. The number of hydrogen-bond acceptors (Lipinski definition) is 2. The Morgan fingerprint density at radius 3 is 2.67 bits per heavy atom. The average Bonchev–Trinajstić information content (AvgIpc) is 2.61. The fourth-order valence-corrected chi connectivity index (χ4v) is 4.36. The number of hydrogen-bond donors (Lipinski definition) is 1. The van der Waals surface area contributed by atoms with Gasteiger partial charge in [-0.05, 0) is 42.8 Å². The molecule has 0 saturated heterocycles. The molecule has 0 heterocycles. The molecule has 5 atom stereocenters. The number of thioether (sulfide) groups is 1. The van der Waals surface area contributed by atoms with E-state index in [1.54, 1.807) is 0 Å². The maximum absolute atomic E-state index is 9.26. The van der Waals surface area contributed by atoms with Gasteiger partial charge < -0.3 is 5.11 Å². The van der Waals surface area contributed by atoms with Gasteiger partial charge in [0.05, 0.1) is 0 Å². The van der Waals surface area contributed by atoms with Crippen molar-refractivity contribution in [2.24, 2.45) is 23.7 Å². The van der Waals surface area contributed by atoms with Gasteiger partial charge in [0, 0.05) is 11.9 Å². The van der Waals surface area contributed by atoms with Gasteiger partial charge in [-0.15, -0.1) is 0 Å².